The zero-order chi connectivity index (χ0) is 18.7. The van der Waals surface area contributed by atoms with E-state index >= 15 is 0 Å². The molecule has 0 unspecified atom stereocenters. The Morgan fingerprint density at radius 1 is 1.12 bits per heavy atom. The first-order valence-electron chi connectivity index (χ1n) is 8.72. The number of benzene rings is 2. The smallest absolute Gasteiger partial charge is 0.229 e. The minimum Gasteiger partial charge on any atom is -0.335 e. The van der Waals surface area contributed by atoms with E-state index in [1.807, 2.05) is 37.3 Å². The van der Waals surface area contributed by atoms with Crippen molar-refractivity contribution in [1.29, 1.82) is 0 Å². The van der Waals surface area contributed by atoms with Gasteiger partial charge >= 0.3 is 0 Å². The number of Topliss-reactive ketones (excluding diaryl/α,β-unsaturated/α-hetero) is 1. The second-order valence-corrected chi connectivity index (χ2v) is 6.66. The van der Waals surface area contributed by atoms with Gasteiger partial charge in [0, 0.05) is 24.2 Å². The summed E-state index contributed by atoms with van der Waals surface area (Å²) in [5, 5.41) is 2.83. The average Bonchev–Trinajstić information content (AvgIpc) is 3.04. The molecular weight excluding hydrogens is 328 g/mol. The van der Waals surface area contributed by atoms with Gasteiger partial charge in [0.25, 0.3) is 0 Å². The van der Waals surface area contributed by atoms with Crippen molar-refractivity contribution in [2.45, 2.75) is 26.3 Å². The maximum absolute atomic E-state index is 12.6. The minimum atomic E-state index is -0.394. The van der Waals surface area contributed by atoms with Crippen LogP contribution in [-0.4, -0.2) is 29.0 Å². The van der Waals surface area contributed by atoms with Gasteiger partial charge in [0.2, 0.25) is 11.8 Å². The molecule has 0 bridgehead atoms. The molecule has 1 aliphatic rings. The predicted octanol–water partition coefficient (Wildman–Crippen LogP) is 3.44. The topological polar surface area (TPSA) is 66.5 Å². The highest BCUT2D eigenvalue weighted by atomic mass is 16.2. The van der Waals surface area contributed by atoms with E-state index in [2.05, 4.69) is 5.32 Å². The molecule has 2 aromatic rings. The van der Waals surface area contributed by atoms with Gasteiger partial charge < -0.3 is 10.2 Å². The van der Waals surface area contributed by atoms with Gasteiger partial charge in [-0.25, -0.2) is 0 Å². The Morgan fingerprint density at radius 3 is 2.54 bits per heavy atom. The molecule has 0 radical (unpaired) electrons. The molecule has 1 fully saturated rings. The standard InChI is InChI=1S/C21H22N2O3/c1-14(16-7-4-3-5-8-16)23-13-18(12-20(23)25)21(26)22-19-10-6-9-17(11-19)15(2)24/h3-11,14,18H,12-13H2,1-2H3,(H,22,26)/t14-,18+/m1/s1. The van der Waals surface area contributed by atoms with Gasteiger partial charge in [-0.2, -0.15) is 0 Å². The van der Waals surface area contributed by atoms with Crippen LogP contribution in [0.1, 0.15) is 42.2 Å². The van der Waals surface area contributed by atoms with E-state index < -0.39 is 5.92 Å². The number of nitrogens with zero attached hydrogens (tertiary/aromatic N) is 1. The number of likely N-dealkylation sites (tertiary alicyclic amines) is 1. The lowest BCUT2D eigenvalue weighted by Crippen LogP contribution is -2.30. The van der Waals surface area contributed by atoms with Crippen LogP contribution in [-0.2, 0) is 9.59 Å². The molecule has 26 heavy (non-hydrogen) atoms. The summed E-state index contributed by atoms with van der Waals surface area (Å²) < 4.78 is 0. The number of rotatable bonds is 5. The van der Waals surface area contributed by atoms with E-state index in [1.165, 1.54) is 6.92 Å². The Balaban J connectivity index is 1.67. The molecule has 0 spiro atoms. The third-order valence-electron chi connectivity index (χ3n) is 4.82. The van der Waals surface area contributed by atoms with Crippen molar-refractivity contribution in [3.63, 3.8) is 0 Å². The average molecular weight is 350 g/mol. The molecule has 1 saturated heterocycles. The van der Waals surface area contributed by atoms with E-state index in [1.54, 1.807) is 29.2 Å². The molecule has 2 atom stereocenters. The largest absolute Gasteiger partial charge is 0.335 e. The Hall–Kier alpha value is -2.95. The van der Waals surface area contributed by atoms with E-state index in [-0.39, 0.29) is 30.1 Å². The fourth-order valence-corrected chi connectivity index (χ4v) is 3.25. The Labute approximate surface area is 153 Å². The number of hydrogen-bond acceptors (Lipinski definition) is 3. The lowest BCUT2D eigenvalue weighted by molar-refractivity contribution is -0.129. The minimum absolute atomic E-state index is 0.0148. The van der Waals surface area contributed by atoms with Crippen LogP contribution in [0, 0.1) is 5.92 Å². The Kier molecular flexibility index (Phi) is 5.16. The third kappa shape index (κ3) is 3.82. The molecule has 2 aromatic carbocycles. The molecule has 5 nitrogen and oxygen atoms in total. The molecule has 0 aromatic heterocycles. The number of carbonyl (C=O) groups is 3. The van der Waals surface area contributed by atoms with Crippen LogP contribution in [0.15, 0.2) is 54.6 Å². The van der Waals surface area contributed by atoms with Gasteiger partial charge in [0.1, 0.15) is 0 Å². The van der Waals surface area contributed by atoms with Gasteiger partial charge in [-0.15, -0.1) is 0 Å². The Morgan fingerprint density at radius 2 is 1.85 bits per heavy atom. The van der Waals surface area contributed by atoms with E-state index in [9.17, 15) is 14.4 Å². The Bertz CT molecular complexity index is 832. The molecule has 0 aliphatic carbocycles. The van der Waals surface area contributed by atoms with Gasteiger partial charge in [-0.3, -0.25) is 14.4 Å². The molecule has 5 heteroatoms. The van der Waals surface area contributed by atoms with Crippen molar-refractivity contribution < 1.29 is 14.4 Å². The van der Waals surface area contributed by atoms with Crippen LogP contribution in [0.3, 0.4) is 0 Å². The van der Waals surface area contributed by atoms with Crippen molar-refractivity contribution in [2.24, 2.45) is 5.92 Å². The second kappa shape index (κ2) is 7.52. The summed E-state index contributed by atoms with van der Waals surface area (Å²) >= 11 is 0. The fraction of sp³-hybridized carbons (Fsp3) is 0.286. The van der Waals surface area contributed by atoms with Gasteiger partial charge in [-0.05, 0) is 31.5 Å². The molecule has 2 amide bonds. The highest BCUT2D eigenvalue weighted by Crippen LogP contribution is 2.29. The van der Waals surface area contributed by atoms with E-state index in [0.717, 1.165) is 5.56 Å². The molecular formula is C21H22N2O3. The monoisotopic (exact) mass is 350 g/mol. The van der Waals surface area contributed by atoms with Crippen LogP contribution in [0.25, 0.3) is 0 Å². The van der Waals surface area contributed by atoms with Gasteiger partial charge in [0.05, 0.1) is 12.0 Å². The van der Waals surface area contributed by atoms with Crippen molar-refractivity contribution in [2.75, 3.05) is 11.9 Å². The zero-order valence-corrected chi connectivity index (χ0v) is 14.9. The lowest BCUT2D eigenvalue weighted by Gasteiger charge is -2.25. The normalized spacial score (nSPS) is 17.8. The van der Waals surface area contributed by atoms with Crippen LogP contribution < -0.4 is 5.32 Å². The van der Waals surface area contributed by atoms with Gasteiger partial charge in [0.15, 0.2) is 5.78 Å². The first-order chi connectivity index (χ1) is 12.5. The molecule has 0 saturated carbocycles. The molecule has 134 valence electrons. The number of amides is 2. The second-order valence-electron chi connectivity index (χ2n) is 6.66. The first kappa shape index (κ1) is 17.9. The van der Waals surface area contributed by atoms with Crippen LogP contribution in [0.5, 0.6) is 0 Å². The zero-order valence-electron chi connectivity index (χ0n) is 14.9. The molecule has 1 heterocycles. The quantitative estimate of drug-likeness (QED) is 0.840. The summed E-state index contributed by atoms with van der Waals surface area (Å²) in [5.41, 5.74) is 2.17. The molecule has 1 aliphatic heterocycles. The summed E-state index contributed by atoms with van der Waals surface area (Å²) in [4.78, 5) is 38.2. The molecule has 3 rings (SSSR count). The summed E-state index contributed by atoms with van der Waals surface area (Å²) in [6.07, 6.45) is 0.204. The summed E-state index contributed by atoms with van der Waals surface area (Å²) in [5.74, 6) is -0.657. The maximum Gasteiger partial charge on any atom is 0.229 e. The summed E-state index contributed by atoms with van der Waals surface area (Å²) in [6.45, 7) is 3.86. The first-order valence-corrected chi connectivity index (χ1v) is 8.72. The number of ketones is 1. The highest BCUT2D eigenvalue weighted by molar-refractivity contribution is 5.99. The highest BCUT2D eigenvalue weighted by Gasteiger charge is 2.37. The van der Waals surface area contributed by atoms with Gasteiger partial charge in [-0.1, -0.05) is 42.5 Å². The van der Waals surface area contributed by atoms with E-state index in [4.69, 9.17) is 0 Å². The number of anilines is 1. The number of carbonyl (C=O) groups excluding carboxylic acids is 3. The number of nitrogens with one attached hydrogen (secondary N) is 1. The predicted molar refractivity (Wildman–Crippen MR) is 99.8 cm³/mol. The summed E-state index contributed by atoms with van der Waals surface area (Å²) in [7, 11) is 0. The van der Waals surface area contributed by atoms with Crippen molar-refractivity contribution in [3.05, 3.63) is 65.7 Å². The van der Waals surface area contributed by atoms with Crippen molar-refractivity contribution in [3.8, 4) is 0 Å². The maximum atomic E-state index is 12.6. The SMILES string of the molecule is CC(=O)c1cccc(NC(=O)[C@H]2CC(=O)N([C@H](C)c3ccccc3)C2)c1. The van der Waals surface area contributed by atoms with Crippen LogP contribution in [0.4, 0.5) is 5.69 Å². The molecule has 1 N–H and O–H groups in total. The van der Waals surface area contributed by atoms with Crippen molar-refractivity contribution >= 4 is 23.3 Å². The third-order valence-corrected chi connectivity index (χ3v) is 4.82. The number of hydrogen-bond donors (Lipinski definition) is 1. The van der Waals surface area contributed by atoms with E-state index in [0.29, 0.717) is 17.8 Å². The fourth-order valence-electron chi connectivity index (χ4n) is 3.25. The van der Waals surface area contributed by atoms with Crippen LogP contribution in [0.2, 0.25) is 0 Å². The summed E-state index contributed by atoms with van der Waals surface area (Å²) in [6, 6.07) is 16.6. The van der Waals surface area contributed by atoms with Crippen molar-refractivity contribution in [1.82, 2.24) is 4.90 Å². The lowest BCUT2D eigenvalue weighted by atomic mass is 10.1. The van der Waals surface area contributed by atoms with Crippen LogP contribution >= 0.6 is 0 Å².